The molecule has 1 aliphatic heterocycles. The van der Waals surface area contributed by atoms with Crippen LogP contribution in [0.4, 0.5) is 5.69 Å². The van der Waals surface area contributed by atoms with Gasteiger partial charge in [0.1, 0.15) is 0 Å². The molecular formula is C28H35N3O2. The van der Waals surface area contributed by atoms with Crippen LogP contribution in [0.3, 0.4) is 0 Å². The molecule has 5 nitrogen and oxygen atoms in total. The number of nitrogens with one attached hydrogen (secondary N) is 2. The molecule has 0 radical (unpaired) electrons. The minimum Gasteiger partial charge on any atom is -0.367 e. The van der Waals surface area contributed by atoms with E-state index in [0.717, 1.165) is 51.6 Å². The van der Waals surface area contributed by atoms with Gasteiger partial charge in [0.2, 0.25) is 0 Å². The lowest BCUT2D eigenvalue weighted by Crippen LogP contribution is -2.40. The molecule has 1 aliphatic carbocycles. The fourth-order valence-electron chi connectivity index (χ4n) is 4.71. The van der Waals surface area contributed by atoms with Gasteiger partial charge in [-0.2, -0.15) is 0 Å². The summed E-state index contributed by atoms with van der Waals surface area (Å²) in [5.41, 5.74) is 6.78. The zero-order valence-electron chi connectivity index (χ0n) is 19.4. The molecule has 2 aromatic carbocycles. The summed E-state index contributed by atoms with van der Waals surface area (Å²) < 4.78 is 0. The third kappa shape index (κ3) is 6.70. The molecule has 0 saturated heterocycles. The van der Waals surface area contributed by atoms with E-state index in [-0.39, 0.29) is 0 Å². The molecular weight excluding hydrogens is 410 g/mol. The van der Waals surface area contributed by atoms with Crippen LogP contribution in [0.2, 0.25) is 0 Å². The molecule has 2 N–H and O–H groups in total. The van der Waals surface area contributed by atoms with Crippen LogP contribution in [0.1, 0.15) is 55.2 Å². The van der Waals surface area contributed by atoms with Crippen LogP contribution in [0, 0.1) is 0 Å². The Morgan fingerprint density at radius 2 is 1.58 bits per heavy atom. The van der Waals surface area contributed by atoms with Crippen LogP contribution >= 0.6 is 0 Å². The molecule has 4 rings (SSSR count). The van der Waals surface area contributed by atoms with Crippen molar-refractivity contribution in [2.75, 3.05) is 24.5 Å². The van der Waals surface area contributed by atoms with E-state index in [1.165, 1.54) is 40.8 Å². The van der Waals surface area contributed by atoms with E-state index in [0.29, 0.717) is 13.1 Å². The number of allylic oxidation sites excluding steroid dienone is 1. The second-order valence-electron chi connectivity index (χ2n) is 9.08. The van der Waals surface area contributed by atoms with Crippen LogP contribution in [0.5, 0.6) is 0 Å². The lowest BCUT2D eigenvalue weighted by Gasteiger charge is -2.30. The van der Waals surface area contributed by atoms with E-state index in [2.05, 4.69) is 70.1 Å². The fraction of sp³-hybridized carbons (Fsp3) is 0.429. The van der Waals surface area contributed by atoms with Crippen LogP contribution in [-0.2, 0) is 29.0 Å². The molecule has 0 atom stereocenters. The highest BCUT2D eigenvalue weighted by atomic mass is 16.2. The molecule has 5 heteroatoms. The molecule has 0 spiro atoms. The molecule has 2 aromatic rings. The number of benzene rings is 2. The van der Waals surface area contributed by atoms with Gasteiger partial charge in [-0.1, -0.05) is 48.0 Å². The van der Waals surface area contributed by atoms with Gasteiger partial charge in [-0.05, 0) is 80.2 Å². The predicted molar refractivity (Wildman–Crippen MR) is 133 cm³/mol. The third-order valence-corrected chi connectivity index (χ3v) is 6.68. The van der Waals surface area contributed by atoms with Crippen molar-refractivity contribution in [3.05, 3.63) is 76.9 Å². The van der Waals surface area contributed by atoms with Gasteiger partial charge in [0.25, 0.3) is 0 Å². The summed E-state index contributed by atoms with van der Waals surface area (Å²) in [6.45, 7) is 3.04. The second kappa shape index (κ2) is 11.7. The number of nitrogens with zero attached hydrogens (tertiary/aromatic N) is 1. The van der Waals surface area contributed by atoms with Crippen molar-refractivity contribution >= 4 is 17.5 Å². The van der Waals surface area contributed by atoms with E-state index in [4.69, 9.17) is 0 Å². The summed E-state index contributed by atoms with van der Waals surface area (Å²) in [6, 6.07) is 17.4. The number of carbonyl (C=O) groups is 2. The van der Waals surface area contributed by atoms with Gasteiger partial charge in [0.05, 0.1) is 0 Å². The Morgan fingerprint density at radius 3 is 2.33 bits per heavy atom. The van der Waals surface area contributed by atoms with Crippen molar-refractivity contribution < 1.29 is 9.59 Å². The molecule has 0 aromatic heterocycles. The minimum absolute atomic E-state index is 0.502. The molecule has 33 heavy (non-hydrogen) atoms. The first-order valence-electron chi connectivity index (χ1n) is 12.3. The maximum Gasteiger partial charge on any atom is 0.309 e. The average Bonchev–Trinajstić information content (AvgIpc) is 2.87. The highest BCUT2D eigenvalue weighted by Crippen LogP contribution is 2.25. The second-order valence-corrected chi connectivity index (χ2v) is 9.08. The molecule has 0 fully saturated rings. The maximum atomic E-state index is 12.0. The highest BCUT2D eigenvalue weighted by molar-refractivity contribution is 6.35. The van der Waals surface area contributed by atoms with E-state index in [1.54, 1.807) is 0 Å². The molecule has 1 heterocycles. The van der Waals surface area contributed by atoms with Crippen LogP contribution < -0.4 is 15.5 Å². The van der Waals surface area contributed by atoms with Gasteiger partial charge >= 0.3 is 11.8 Å². The average molecular weight is 446 g/mol. The number of hydrogen-bond donors (Lipinski definition) is 2. The molecule has 0 bridgehead atoms. The predicted octanol–water partition coefficient (Wildman–Crippen LogP) is 4.30. The SMILES string of the molecule is O=C(NCCCc1ccc(N2CCc3ccccc3C2)cc1)C(=O)NCCC1=CCCCC1. The van der Waals surface area contributed by atoms with Crippen molar-refractivity contribution in [1.29, 1.82) is 0 Å². The van der Waals surface area contributed by atoms with E-state index in [9.17, 15) is 9.59 Å². The lowest BCUT2D eigenvalue weighted by atomic mass is 9.97. The van der Waals surface area contributed by atoms with Gasteiger partial charge in [0, 0.05) is 31.9 Å². The van der Waals surface area contributed by atoms with Crippen molar-refractivity contribution in [2.24, 2.45) is 0 Å². The zero-order chi connectivity index (χ0) is 22.9. The summed E-state index contributed by atoms with van der Waals surface area (Å²) >= 11 is 0. The number of carbonyl (C=O) groups excluding carboxylic acids is 2. The van der Waals surface area contributed by atoms with Gasteiger partial charge in [-0.3, -0.25) is 9.59 Å². The molecule has 174 valence electrons. The Morgan fingerprint density at radius 1 is 0.818 bits per heavy atom. The molecule has 0 unspecified atom stereocenters. The Balaban J connectivity index is 1.13. The third-order valence-electron chi connectivity index (χ3n) is 6.68. The van der Waals surface area contributed by atoms with Crippen molar-refractivity contribution in [3.8, 4) is 0 Å². The van der Waals surface area contributed by atoms with Crippen LogP contribution in [0.25, 0.3) is 0 Å². The molecule has 2 amide bonds. The Bertz CT molecular complexity index is 981. The van der Waals surface area contributed by atoms with Crippen LogP contribution in [-0.4, -0.2) is 31.4 Å². The Labute approximate surface area is 197 Å². The number of anilines is 1. The maximum absolute atomic E-state index is 12.0. The molecule has 0 saturated carbocycles. The summed E-state index contributed by atoms with van der Waals surface area (Å²) in [6.07, 6.45) is 10.6. The fourth-order valence-corrected chi connectivity index (χ4v) is 4.71. The number of rotatable bonds is 8. The number of amides is 2. The summed E-state index contributed by atoms with van der Waals surface area (Å²) in [5.74, 6) is -1.06. The first kappa shape index (κ1) is 23.1. The highest BCUT2D eigenvalue weighted by Gasteiger charge is 2.16. The van der Waals surface area contributed by atoms with E-state index >= 15 is 0 Å². The standard InChI is InChI=1S/C28H35N3O2/c32-27(28(33)30-19-16-22-7-2-1-3-8-22)29-18-6-9-23-12-14-26(15-13-23)31-20-17-24-10-4-5-11-25(24)21-31/h4-5,7,10-15H,1-3,6,8-9,16-21H2,(H,29,32)(H,30,33). The first-order valence-corrected chi connectivity index (χ1v) is 12.3. The summed E-state index contributed by atoms with van der Waals surface area (Å²) in [5, 5.41) is 5.48. The topological polar surface area (TPSA) is 61.4 Å². The van der Waals surface area contributed by atoms with Crippen molar-refractivity contribution in [3.63, 3.8) is 0 Å². The zero-order valence-corrected chi connectivity index (χ0v) is 19.4. The lowest BCUT2D eigenvalue weighted by molar-refractivity contribution is -0.139. The Hall–Kier alpha value is -3.08. The smallest absolute Gasteiger partial charge is 0.309 e. The monoisotopic (exact) mass is 445 g/mol. The van der Waals surface area contributed by atoms with Gasteiger partial charge in [-0.25, -0.2) is 0 Å². The first-order chi connectivity index (χ1) is 16.2. The largest absolute Gasteiger partial charge is 0.367 e. The normalized spacial score (nSPS) is 15.4. The van der Waals surface area contributed by atoms with Crippen molar-refractivity contribution in [2.45, 2.75) is 57.9 Å². The van der Waals surface area contributed by atoms with Gasteiger partial charge in [-0.15, -0.1) is 0 Å². The summed E-state index contributed by atoms with van der Waals surface area (Å²) in [7, 11) is 0. The van der Waals surface area contributed by atoms with Gasteiger partial charge in [0.15, 0.2) is 0 Å². The van der Waals surface area contributed by atoms with Crippen LogP contribution in [0.15, 0.2) is 60.2 Å². The van der Waals surface area contributed by atoms with E-state index < -0.39 is 11.8 Å². The Kier molecular flexibility index (Phi) is 8.18. The number of fused-ring (bicyclic) bond motifs is 1. The quantitative estimate of drug-likeness (QED) is 0.362. The van der Waals surface area contributed by atoms with E-state index in [1.807, 2.05) is 0 Å². The number of aryl methyl sites for hydroxylation is 1. The minimum atomic E-state index is -0.534. The van der Waals surface area contributed by atoms with Gasteiger partial charge < -0.3 is 15.5 Å². The summed E-state index contributed by atoms with van der Waals surface area (Å²) in [4.78, 5) is 26.4. The van der Waals surface area contributed by atoms with Crippen molar-refractivity contribution in [1.82, 2.24) is 10.6 Å². The number of hydrogen-bond acceptors (Lipinski definition) is 3. The molecule has 2 aliphatic rings.